The highest BCUT2D eigenvalue weighted by Crippen LogP contribution is 2.28. The maximum atomic E-state index is 10.8. The molecule has 0 unspecified atom stereocenters. The van der Waals surface area contributed by atoms with Gasteiger partial charge in [-0.2, -0.15) is 0 Å². The molecule has 0 fully saturated rings. The highest BCUT2D eigenvalue weighted by molar-refractivity contribution is 14.1. The molecule has 0 aliphatic rings. The normalized spacial score (nSPS) is 10.0. The van der Waals surface area contributed by atoms with Crippen molar-refractivity contribution < 1.29 is 14.6 Å². The molecule has 3 nitrogen and oxygen atoms in total. The molecule has 0 saturated carbocycles. The monoisotopic (exact) mass is 418 g/mol. The molecule has 5 heteroatoms. The summed E-state index contributed by atoms with van der Waals surface area (Å²) in [6.07, 6.45) is 0. The van der Waals surface area contributed by atoms with Crippen LogP contribution in [0, 0.1) is 7.14 Å². The Labute approximate surface area is 109 Å². The third-order valence-electron chi connectivity index (χ3n) is 1.50. The lowest BCUT2D eigenvalue weighted by molar-refractivity contribution is -0.132. The van der Waals surface area contributed by atoms with Crippen LogP contribution in [0.4, 0.5) is 0 Å². The lowest BCUT2D eigenvalue weighted by Crippen LogP contribution is -2.06. The molecule has 0 heterocycles. The molecule has 76 valence electrons. The molecule has 0 bridgehead atoms. The first-order chi connectivity index (χ1) is 6.54. The number of hydrogen-bond acceptors (Lipinski definition) is 3. The van der Waals surface area contributed by atoms with Crippen LogP contribution >= 0.6 is 45.2 Å². The van der Waals surface area contributed by atoms with E-state index < -0.39 is 0 Å². The van der Waals surface area contributed by atoms with E-state index in [2.05, 4.69) is 45.2 Å². The van der Waals surface area contributed by atoms with Crippen molar-refractivity contribution in [1.82, 2.24) is 0 Å². The fourth-order valence-electron chi connectivity index (χ4n) is 0.989. The van der Waals surface area contributed by atoms with E-state index in [1.165, 1.54) is 6.92 Å². The van der Waals surface area contributed by atoms with Crippen LogP contribution in [-0.4, -0.2) is 11.1 Å². The summed E-state index contributed by atoms with van der Waals surface area (Å²) in [6.45, 7) is 1.21. The summed E-state index contributed by atoms with van der Waals surface area (Å²) in [4.78, 5) is 10.8. The second kappa shape index (κ2) is 5.26. The Morgan fingerprint density at radius 3 is 2.64 bits per heavy atom. The molecule has 1 aromatic carbocycles. The Bertz CT molecular complexity index is 363. The van der Waals surface area contributed by atoms with Crippen molar-refractivity contribution in [3.8, 4) is 5.75 Å². The van der Waals surface area contributed by atoms with Crippen molar-refractivity contribution in [2.24, 2.45) is 0 Å². The predicted octanol–water partition coefficient (Wildman–Crippen LogP) is 2.31. The van der Waals surface area contributed by atoms with Crippen LogP contribution in [0.1, 0.15) is 12.5 Å². The summed E-state index contributed by atoms with van der Waals surface area (Å²) < 4.78 is 6.85. The molecule has 0 aromatic heterocycles. The molecule has 0 spiro atoms. The van der Waals surface area contributed by atoms with Gasteiger partial charge in [-0.15, -0.1) is 0 Å². The summed E-state index contributed by atoms with van der Waals surface area (Å²) in [5.74, 6) is 0.0832. The third-order valence-corrected chi connectivity index (χ3v) is 2.93. The number of ether oxygens (including phenoxy) is 1. The van der Waals surface area contributed by atoms with Crippen molar-refractivity contribution in [1.29, 1.82) is 0 Å². The summed E-state index contributed by atoms with van der Waals surface area (Å²) in [7, 11) is 0. The SMILES string of the molecule is CC(=O)Oc1c(I)cc(I)cc1CO. The first kappa shape index (κ1) is 12.2. The van der Waals surface area contributed by atoms with E-state index in [-0.39, 0.29) is 12.6 Å². The van der Waals surface area contributed by atoms with Gasteiger partial charge in [0.2, 0.25) is 0 Å². The fraction of sp³-hybridized carbons (Fsp3) is 0.222. The van der Waals surface area contributed by atoms with Crippen LogP contribution in [0.2, 0.25) is 0 Å². The average molecular weight is 418 g/mol. The van der Waals surface area contributed by atoms with Crippen molar-refractivity contribution in [2.75, 3.05) is 0 Å². The third kappa shape index (κ3) is 3.06. The number of rotatable bonds is 2. The smallest absolute Gasteiger partial charge is 0.308 e. The lowest BCUT2D eigenvalue weighted by atomic mass is 10.2. The van der Waals surface area contributed by atoms with Crippen LogP contribution in [0.25, 0.3) is 0 Å². The standard InChI is InChI=1S/C9H8I2O3/c1-5(13)14-9-6(4-12)2-7(10)3-8(9)11/h2-3,12H,4H2,1H3. The van der Waals surface area contributed by atoms with E-state index in [1.54, 1.807) is 6.07 Å². The van der Waals surface area contributed by atoms with E-state index in [9.17, 15) is 4.79 Å². The molecule has 0 radical (unpaired) electrons. The highest BCUT2D eigenvalue weighted by Gasteiger charge is 2.11. The van der Waals surface area contributed by atoms with Gasteiger partial charge in [-0.05, 0) is 57.3 Å². The second-order valence-corrected chi connectivity index (χ2v) is 5.04. The number of halogens is 2. The van der Waals surface area contributed by atoms with Gasteiger partial charge in [-0.25, -0.2) is 0 Å². The van der Waals surface area contributed by atoms with Gasteiger partial charge in [0.1, 0.15) is 5.75 Å². The number of benzene rings is 1. The zero-order valence-electron chi connectivity index (χ0n) is 7.38. The van der Waals surface area contributed by atoms with Gasteiger partial charge in [0.05, 0.1) is 10.2 Å². The molecule has 0 amide bonds. The lowest BCUT2D eigenvalue weighted by Gasteiger charge is -2.09. The van der Waals surface area contributed by atoms with Crippen molar-refractivity contribution in [3.63, 3.8) is 0 Å². The Kier molecular flexibility index (Phi) is 4.58. The van der Waals surface area contributed by atoms with E-state index in [4.69, 9.17) is 9.84 Å². The number of carbonyl (C=O) groups is 1. The first-order valence-electron chi connectivity index (χ1n) is 3.81. The minimum Gasteiger partial charge on any atom is -0.425 e. The van der Waals surface area contributed by atoms with E-state index >= 15 is 0 Å². The van der Waals surface area contributed by atoms with Crippen molar-refractivity contribution in [2.45, 2.75) is 13.5 Å². The van der Waals surface area contributed by atoms with E-state index in [0.29, 0.717) is 11.3 Å². The minimum absolute atomic E-state index is 0.130. The maximum absolute atomic E-state index is 10.8. The molecule has 0 aliphatic heterocycles. The molecule has 1 rings (SSSR count). The summed E-state index contributed by atoms with van der Waals surface area (Å²) in [5.41, 5.74) is 0.636. The number of hydrogen-bond donors (Lipinski definition) is 1. The van der Waals surface area contributed by atoms with Crippen LogP contribution in [0.15, 0.2) is 12.1 Å². The van der Waals surface area contributed by atoms with E-state index in [1.807, 2.05) is 6.07 Å². The van der Waals surface area contributed by atoms with Crippen molar-refractivity contribution >= 4 is 51.2 Å². The molecule has 0 saturated heterocycles. The largest absolute Gasteiger partial charge is 0.425 e. The summed E-state index contributed by atoms with van der Waals surface area (Å²) in [6, 6.07) is 3.68. The number of aliphatic hydroxyl groups is 1. The Hall–Kier alpha value is 0.110. The maximum Gasteiger partial charge on any atom is 0.308 e. The molecule has 1 aromatic rings. The molecule has 0 atom stereocenters. The molecular weight excluding hydrogens is 410 g/mol. The average Bonchev–Trinajstić information content (AvgIpc) is 2.08. The predicted molar refractivity (Wildman–Crippen MR) is 69.1 cm³/mol. The van der Waals surface area contributed by atoms with Gasteiger partial charge >= 0.3 is 5.97 Å². The topological polar surface area (TPSA) is 46.5 Å². The first-order valence-corrected chi connectivity index (χ1v) is 5.97. The van der Waals surface area contributed by atoms with Gasteiger partial charge in [0.15, 0.2) is 0 Å². The van der Waals surface area contributed by atoms with Crippen LogP contribution in [-0.2, 0) is 11.4 Å². The molecule has 14 heavy (non-hydrogen) atoms. The number of aliphatic hydroxyl groups excluding tert-OH is 1. The van der Waals surface area contributed by atoms with Crippen LogP contribution in [0.3, 0.4) is 0 Å². The van der Waals surface area contributed by atoms with Gasteiger partial charge in [-0.1, -0.05) is 0 Å². The van der Waals surface area contributed by atoms with Gasteiger partial charge in [0.25, 0.3) is 0 Å². The molecule has 1 N–H and O–H groups in total. The molecular formula is C9H8I2O3. The van der Waals surface area contributed by atoms with Gasteiger partial charge in [0, 0.05) is 16.1 Å². The molecule has 0 aliphatic carbocycles. The second-order valence-electron chi connectivity index (χ2n) is 2.63. The van der Waals surface area contributed by atoms with E-state index in [0.717, 1.165) is 7.14 Å². The highest BCUT2D eigenvalue weighted by atomic mass is 127. The summed E-state index contributed by atoms with van der Waals surface area (Å²) in [5, 5.41) is 9.08. The Balaban J connectivity index is 3.18. The number of carbonyl (C=O) groups excluding carboxylic acids is 1. The van der Waals surface area contributed by atoms with Gasteiger partial charge in [-0.3, -0.25) is 4.79 Å². The zero-order valence-corrected chi connectivity index (χ0v) is 11.7. The minimum atomic E-state index is -0.376. The number of esters is 1. The fourth-order valence-corrected chi connectivity index (χ4v) is 3.06. The van der Waals surface area contributed by atoms with Crippen LogP contribution < -0.4 is 4.74 Å². The summed E-state index contributed by atoms with van der Waals surface area (Å²) >= 11 is 4.22. The van der Waals surface area contributed by atoms with Crippen molar-refractivity contribution in [3.05, 3.63) is 24.8 Å². The van der Waals surface area contributed by atoms with Crippen LogP contribution in [0.5, 0.6) is 5.75 Å². The zero-order chi connectivity index (χ0) is 10.7. The quantitative estimate of drug-likeness (QED) is 0.456. The Morgan fingerprint density at radius 2 is 2.14 bits per heavy atom. The Morgan fingerprint density at radius 1 is 1.50 bits per heavy atom. The van der Waals surface area contributed by atoms with Gasteiger partial charge < -0.3 is 9.84 Å².